The maximum Gasteiger partial charge on any atom is 0.335 e. The zero-order valence-electron chi connectivity index (χ0n) is 17.5. The Morgan fingerprint density at radius 1 is 1.00 bits per heavy atom. The number of hydrogen-bond donors (Lipinski definition) is 1. The molecule has 0 bridgehead atoms. The van der Waals surface area contributed by atoms with Crippen LogP contribution in [0.4, 0.5) is 10.5 Å². The van der Waals surface area contributed by atoms with Gasteiger partial charge in [-0.05, 0) is 83.1 Å². The van der Waals surface area contributed by atoms with Gasteiger partial charge in [-0.1, -0.05) is 47.5 Å². The molecule has 0 atom stereocenters. The van der Waals surface area contributed by atoms with Gasteiger partial charge in [-0.25, -0.2) is 9.69 Å². The largest absolute Gasteiger partial charge is 0.488 e. The van der Waals surface area contributed by atoms with E-state index in [4.69, 9.17) is 16.3 Å². The van der Waals surface area contributed by atoms with E-state index in [9.17, 15) is 14.4 Å². The molecule has 33 heavy (non-hydrogen) atoms. The van der Waals surface area contributed by atoms with E-state index in [1.165, 1.54) is 23.8 Å². The fourth-order valence-electron chi connectivity index (χ4n) is 3.22. The molecule has 1 fully saturated rings. The lowest BCUT2D eigenvalue weighted by Crippen LogP contribution is -2.54. The molecule has 166 valence electrons. The predicted octanol–water partition coefficient (Wildman–Crippen LogP) is 5.50. The number of aryl methyl sites for hydroxylation is 1. The minimum atomic E-state index is -0.807. The van der Waals surface area contributed by atoms with Crippen LogP contribution in [0, 0.1) is 10.5 Å². The SMILES string of the molecule is Cc1ccc(COc2ccc(/C=C3\C(=O)NC(=O)N(c4ccc(Cl)cc4)C3=O)cc2I)cc1. The van der Waals surface area contributed by atoms with Crippen molar-refractivity contribution < 1.29 is 19.1 Å². The molecule has 0 radical (unpaired) electrons. The molecule has 4 amide bonds. The Morgan fingerprint density at radius 3 is 2.36 bits per heavy atom. The zero-order valence-corrected chi connectivity index (χ0v) is 20.4. The minimum absolute atomic E-state index is 0.145. The van der Waals surface area contributed by atoms with Crippen LogP contribution >= 0.6 is 34.2 Å². The van der Waals surface area contributed by atoms with E-state index < -0.39 is 17.8 Å². The second-order valence-electron chi connectivity index (χ2n) is 7.40. The third kappa shape index (κ3) is 5.26. The molecule has 0 aromatic heterocycles. The van der Waals surface area contributed by atoms with Crippen LogP contribution in [0.15, 0.2) is 72.3 Å². The molecule has 1 aliphatic heterocycles. The summed E-state index contributed by atoms with van der Waals surface area (Å²) in [7, 11) is 0. The molecule has 6 nitrogen and oxygen atoms in total. The highest BCUT2D eigenvalue weighted by Gasteiger charge is 2.36. The van der Waals surface area contributed by atoms with Gasteiger partial charge in [-0.15, -0.1) is 0 Å². The second-order valence-corrected chi connectivity index (χ2v) is 9.00. The quantitative estimate of drug-likeness (QED) is 0.249. The van der Waals surface area contributed by atoms with Crippen LogP contribution in [0.2, 0.25) is 5.02 Å². The zero-order chi connectivity index (χ0) is 23.5. The summed E-state index contributed by atoms with van der Waals surface area (Å²) in [6, 6.07) is 18.8. The number of benzene rings is 3. The van der Waals surface area contributed by atoms with Gasteiger partial charge >= 0.3 is 6.03 Å². The number of barbiturate groups is 1. The van der Waals surface area contributed by atoms with Crippen LogP contribution in [0.25, 0.3) is 6.08 Å². The second kappa shape index (κ2) is 9.76. The summed E-state index contributed by atoms with van der Waals surface area (Å²) in [4.78, 5) is 38.6. The van der Waals surface area contributed by atoms with Crippen molar-refractivity contribution in [2.75, 3.05) is 4.90 Å². The lowest BCUT2D eigenvalue weighted by Gasteiger charge is -2.26. The Balaban J connectivity index is 1.55. The molecule has 1 N–H and O–H groups in total. The highest BCUT2D eigenvalue weighted by atomic mass is 127. The number of hydrogen-bond acceptors (Lipinski definition) is 4. The Bertz CT molecular complexity index is 1270. The standard InChI is InChI=1S/C25H18ClIN2O4/c1-15-2-4-16(5-3-15)14-33-22-11-6-17(13-21(22)27)12-20-23(30)28-25(32)29(24(20)31)19-9-7-18(26)8-10-19/h2-13H,14H2,1H3,(H,28,30,32)/b20-12+. The first-order chi connectivity index (χ1) is 15.8. The smallest absolute Gasteiger partial charge is 0.335 e. The number of anilines is 1. The van der Waals surface area contributed by atoms with Crippen LogP contribution in [0.1, 0.15) is 16.7 Å². The average Bonchev–Trinajstić information content (AvgIpc) is 2.78. The predicted molar refractivity (Wildman–Crippen MR) is 135 cm³/mol. The molecule has 0 aliphatic carbocycles. The van der Waals surface area contributed by atoms with Crippen LogP contribution in [-0.2, 0) is 16.2 Å². The summed E-state index contributed by atoms with van der Waals surface area (Å²) in [5.74, 6) is -0.763. The Kier molecular flexibility index (Phi) is 6.80. The van der Waals surface area contributed by atoms with E-state index in [2.05, 4.69) is 27.9 Å². The number of amides is 4. The number of imide groups is 2. The van der Waals surface area contributed by atoms with Crippen molar-refractivity contribution in [1.82, 2.24) is 5.32 Å². The Hall–Kier alpha value is -3.17. The van der Waals surface area contributed by atoms with Crippen molar-refractivity contribution in [3.05, 3.63) is 97.6 Å². The van der Waals surface area contributed by atoms with Crippen molar-refractivity contribution in [3.63, 3.8) is 0 Å². The van der Waals surface area contributed by atoms with E-state index in [1.54, 1.807) is 24.3 Å². The fourth-order valence-corrected chi connectivity index (χ4v) is 4.04. The summed E-state index contributed by atoms with van der Waals surface area (Å²) in [6.07, 6.45) is 1.46. The van der Waals surface area contributed by atoms with Crippen molar-refractivity contribution in [3.8, 4) is 5.75 Å². The monoisotopic (exact) mass is 572 g/mol. The van der Waals surface area contributed by atoms with Crippen LogP contribution in [0.5, 0.6) is 5.75 Å². The van der Waals surface area contributed by atoms with Gasteiger partial charge in [0.2, 0.25) is 0 Å². The van der Waals surface area contributed by atoms with E-state index in [0.717, 1.165) is 14.0 Å². The first kappa shape index (κ1) is 23.0. The van der Waals surface area contributed by atoms with Crippen LogP contribution in [-0.4, -0.2) is 17.8 Å². The number of halogens is 2. The molecular weight excluding hydrogens is 555 g/mol. The molecule has 0 unspecified atom stereocenters. The lowest BCUT2D eigenvalue weighted by atomic mass is 10.1. The molecule has 3 aromatic carbocycles. The van der Waals surface area contributed by atoms with E-state index in [-0.39, 0.29) is 5.57 Å². The summed E-state index contributed by atoms with van der Waals surface area (Å²) < 4.78 is 6.73. The van der Waals surface area contributed by atoms with Crippen molar-refractivity contribution in [1.29, 1.82) is 0 Å². The van der Waals surface area contributed by atoms with Crippen LogP contribution in [0.3, 0.4) is 0 Å². The van der Waals surface area contributed by atoms with Gasteiger partial charge < -0.3 is 4.74 Å². The van der Waals surface area contributed by atoms with Crippen molar-refractivity contribution in [2.24, 2.45) is 0 Å². The van der Waals surface area contributed by atoms with Gasteiger partial charge in [0, 0.05) is 5.02 Å². The summed E-state index contributed by atoms with van der Waals surface area (Å²) in [5.41, 5.74) is 3.04. The number of carbonyl (C=O) groups excluding carboxylic acids is 3. The van der Waals surface area contributed by atoms with Gasteiger partial charge in [0.15, 0.2) is 0 Å². The third-order valence-electron chi connectivity index (χ3n) is 4.97. The minimum Gasteiger partial charge on any atom is -0.488 e. The van der Waals surface area contributed by atoms with E-state index in [1.807, 2.05) is 37.3 Å². The van der Waals surface area contributed by atoms with Gasteiger partial charge in [0.1, 0.15) is 17.9 Å². The fraction of sp³-hybridized carbons (Fsp3) is 0.0800. The number of nitrogens with zero attached hydrogens (tertiary/aromatic N) is 1. The summed E-state index contributed by atoms with van der Waals surface area (Å²) in [5, 5.41) is 2.68. The van der Waals surface area contributed by atoms with Crippen LogP contribution < -0.4 is 15.0 Å². The molecule has 3 aromatic rings. The number of urea groups is 1. The third-order valence-corrected chi connectivity index (χ3v) is 6.06. The first-order valence-corrected chi connectivity index (χ1v) is 11.4. The topological polar surface area (TPSA) is 75.7 Å². The van der Waals surface area contributed by atoms with E-state index in [0.29, 0.717) is 28.6 Å². The van der Waals surface area contributed by atoms with Gasteiger partial charge in [-0.2, -0.15) is 0 Å². The van der Waals surface area contributed by atoms with Crippen molar-refractivity contribution >= 4 is 63.8 Å². The number of rotatable bonds is 5. The molecular formula is C25H18ClIN2O4. The lowest BCUT2D eigenvalue weighted by molar-refractivity contribution is -0.122. The molecule has 1 saturated heterocycles. The number of ether oxygens (including phenoxy) is 1. The van der Waals surface area contributed by atoms with Gasteiger partial charge in [-0.3, -0.25) is 14.9 Å². The molecule has 8 heteroatoms. The Morgan fingerprint density at radius 2 is 1.70 bits per heavy atom. The molecule has 0 saturated carbocycles. The maximum atomic E-state index is 13.0. The first-order valence-electron chi connectivity index (χ1n) is 9.97. The van der Waals surface area contributed by atoms with Crippen molar-refractivity contribution in [2.45, 2.75) is 13.5 Å². The summed E-state index contributed by atoms with van der Waals surface area (Å²) >= 11 is 8.03. The average molecular weight is 573 g/mol. The highest BCUT2D eigenvalue weighted by molar-refractivity contribution is 14.1. The molecule has 1 aliphatic rings. The molecule has 1 heterocycles. The Labute approximate surface area is 209 Å². The normalized spacial score (nSPS) is 15.1. The maximum absolute atomic E-state index is 13.0. The van der Waals surface area contributed by atoms with E-state index >= 15 is 0 Å². The number of carbonyl (C=O) groups is 3. The molecule has 0 spiro atoms. The van der Waals surface area contributed by atoms with Gasteiger partial charge in [0.25, 0.3) is 11.8 Å². The number of nitrogens with one attached hydrogen (secondary N) is 1. The highest BCUT2D eigenvalue weighted by Crippen LogP contribution is 2.27. The molecule has 4 rings (SSSR count). The van der Waals surface area contributed by atoms with Gasteiger partial charge in [0.05, 0.1) is 9.26 Å². The summed E-state index contributed by atoms with van der Waals surface area (Å²) in [6.45, 7) is 2.46.